The van der Waals surface area contributed by atoms with Gasteiger partial charge < -0.3 is 5.11 Å². The Bertz CT molecular complexity index is 1410. The minimum Gasteiger partial charge on any atom is -0.492 e. The number of aromatic nitrogens is 1. The van der Waals surface area contributed by atoms with Gasteiger partial charge in [-0.3, -0.25) is 4.98 Å². The monoisotopic (exact) mass is 662 g/mol. The summed E-state index contributed by atoms with van der Waals surface area (Å²) in [5, 5.41) is 10.9. The number of aryl methyl sites for hydroxylation is 2. The molecule has 0 aliphatic heterocycles. The van der Waals surface area contributed by atoms with E-state index in [1.165, 1.54) is 11.1 Å². The van der Waals surface area contributed by atoms with Gasteiger partial charge in [-0.1, -0.05) is 104 Å². The van der Waals surface area contributed by atoms with Crippen LogP contribution in [0, 0.1) is 20.8 Å². The first-order valence-electron chi connectivity index (χ1n) is 16.1. The van der Waals surface area contributed by atoms with Crippen LogP contribution in [0.1, 0.15) is 125 Å². The minimum absolute atomic E-state index is 0. The molecule has 0 saturated carbocycles. The second-order valence-corrected chi connectivity index (χ2v) is 12.7. The van der Waals surface area contributed by atoms with Gasteiger partial charge in [-0.2, -0.15) is 24.6 Å². The predicted octanol–water partition coefficient (Wildman–Crippen LogP) is 12.1. The molecule has 0 unspecified atom stereocenters. The maximum atomic E-state index is 10.9. The van der Waals surface area contributed by atoms with Crippen LogP contribution in [0.25, 0.3) is 0 Å². The maximum absolute atomic E-state index is 10.9. The van der Waals surface area contributed by atoms with Crippen LogP contribution in [0.3, 0.4) is 0 Å². The molecule has 4 rings (SSSR count). The molecular weight excluding hydrogens is 609 g/mol. The van der Waals surface area contributed by atoms with E-state index >= 15 is 0 Å². The second-order valence-electron chi connectivity index (χ2n) is 12.7. The van der Waals surface area contributed by atoms with Crippen molar-refractivity contribution in [1.29, 1.82) is 0 Å². The Morgan fingerprint density at radius 3 is 1.20 bits per heavy atom. The molecule has 0 radical (unpaired) electrons. The van der Waals surface area contributed by atoms with Crippen LogP contribution in [-0.2, 0) is 16.5 Å². The van der Waals surface area contributed by atoms with Crippen LogP contribution >= 0.6 is 0 Å². The van der Waals surface area contributed by atoms with Crippen molar-refractivity contribution >= 4 is 23.0 Å². The van der Waals surface area contributed by atoms with Gasteiger partial charge in [0.2, 0.25) is 5.90 Å². The first-order chi connectivity index (χ1) is 21.2. The summed E-state index contributed by atoms with van der Waals surface area (Å²) in [4.78, 5) is 13.7. The van der Waals surface area contributed by atoms with Crippen molar-refractivity contribution in [3.63, 3.8) is 0 Å². The number of aliphatic hydroxyl groups excluding tert-OH is 1. The Morgan fingerprint density at radius 2 is 0.913 bits per heavy atom. The van der Waals surface area contributed by atoms with Crippen molar-refractivity contribution in [2.24, 2.45) is 9.98 Å². The Kier molecular flexibility index (Phi) is 17.3. The topological polar surface area (TPSA) is 57.8 Å². The molecule has 0 bridgehead atoms. The van der Waals surface area contributed by atoms with Gasteiger partial charge in [0.1, 0.15) is 0 Å². The summed E-state index contributed by atoms with van der Waals surface area (Å²) >= 11 is 0. The second kappa shape index (κ2) is 19.7. The van der Waals surface area contributed by atoms with Crippen molar-refractivity contribution in [2.45, 2.75) is 99.8 Å². The molecule has 5 heteroatoms. The van der Waals surface area contributed by atoms with Gasteiger partial charge in [0.15, 0.2) is 0 Å². The number of nitrogens with zero attached hydrogens (tertiary/aromatic N) is 3. The summed E-state index contributed by atoms with van der Waals surface area (Å²) in [5.41, 5.74) is 10.3. The fourth-order valence-electron chi connectivity index (χ4n) is 4.84. The number of aliphatic hydroxyl groups is 1. The third-order valence-corrected chi connectivity index (χ3v) is 7.38. The van der Waals surface area contributed by atoms with E-state index < -0.39 is 0 Å². The van der Waals surface area contributed by atoms with Crippen molar-refractivity contribution in [3.05, 3.63) is 131 Å². The van der Waals surface area contributed by atoms with Gasteiger partial charge in [0.25, 0.3) is 0 Å². The largest absolute Gasteiger partial charge is 0.492 e. The van der Waals surface area contributed by atoms with Gasteiger partial charge in [-0.15, -0.1) is 12.1 Å². The molecule has 1 aromatic heterocycles. The molecule has 0 saturated heterocycles. The summed E-state index contributed by atoms with van der Waals surface area (Å²) in [6.07, 6.45) is 0. The molecule has 46 heavy (non-hydrogen) atoms. The number of benzene rings is 3. The third kappa shape index (κ3) is 12.6. The first-order valence-corrected chi connectivity index (χ1v) is 16.1. The van der Waals surface area contributed by atoms with E-state index in [2.05, 4.69) is 109 Å². The number of aliphatic imine (C=N–C) groups is 2. The van der Waals surface area contributed by atoms with Gasteiger partial charge >= 0.3 is 0 Å². The molecule has 4 aromatic rings. The van der Waals surface area contributed by atoms with Crippen LogP contribution in [-0.4, -0.2) is 21.7 Å². The Morgan fingerprint density at radius 1 is 0.565 bits per heavy atom. The standard InChI is InChI=1S/C27H38N2O.C7H9N.C7H7.Ni/c1-16(2)21-12-10-13-22(17(3)4)25(21)28-20(9)27(30)29-26-23(18(5)6)14-11-15-24(26)19(7)8;1-6-4-3-5-7(2)8-6;1-7-5-3-2-4-6-7;/h10-19H,1-9H3,(H,29,30);3-5H,1-2H3;2-6H,1H2;/q;;-1;. The summed E-state index contributed by atoms with van der Waals surface area (Å²) in [6.45, 7) is 26.9. The number of hydrogen-bond donors (Lipinski definition) is 1. The van der Waals surface area contributed by atoms with E-state index in [1.54, 1.807) is 0 Å². The average Bonchev–Trinajstić information content (AvgIpc) is 2.97. The van der Waals surface area contributed by atoms with E-state index in [0.29, 0.717) is 29.4 Å². The number of pyridine rings is 1. The molecule has 4 nitrogen and oxygen atoms in total. The maximum Gasteiger partial charge on any atom is 0.233 e. The molecule has 250 valence electrons. The van der Waals surface area contributed by atoms with Crippen LogP contribution in [0.2, 0.25) is 0 Å². The normalized spacial score (nSPS) is 11.5. The van der Waals surface area contributed by atoms with Gasteiger partial charge in [0.05, 0.1) is 17.1 Å². The Labute approximate surface area is 289 Å². The van der Waals surface area contributed by atoms with Crippen LogP contribution in [0.15, 0.2) is 94.9 Å². The molecule has 0 fully saturated rings. The summed E-state index contributed by atoms with van der Waals surface area (Å²) in [5.74, 6) is 1.33. The van der Waals surface area contributed by atoms with Gasteiger partial charge in [-0.25, -0.2) is 9.98 Å². The van der Waals surface area contributed by atoms with Crippen molar-refractivity contribution in [3.8, 4) is 0 Å². The molecule has 1 N–H and O–H groups in total. The molecule has 3 aromatic carbocycles. The van der Waals surface area contributed by atoms with E-state index in [1.807, 2.05) is 69.3 Å². The zero-order chi connectivity index (χ0) is 33.7. The summed E-state index contributed by atoms with van der Waals surface area (Å²) in [7, 11) is 0. The number of rotatable bonds is 7. The SMILES string of the molecule is CC(=Nc1c(C(C)C)cccc1C(C)C)C(O)=Nc1c(C(C)C)cccc1C(C)C.Cc1cccc(C)n1.[CH2-]c1ccccc1.[Ni]. The molecule has 0 atom stereocenters. The zero-order valence-corrected chi connectivity index (χ0v) is 30.7. The fourth-order valence-corrected chi connectivity index (χ4v) is 4.84. The molecule has 1 heterocycles. The Balaban J connectivity index is 0.000000535. The minimum atomic E-state index is -0.0155. The molecule has 0 amide bonds. The van der Waals surface area contributed by atoms with Crippen molar-refractivity contribution in [2.75, 3.05) is 0 Å². The first kappa shape index (κ1) is 40.3. The van der Waals surface area contributed by atoms with Crippen molar-refractivity contribution < 1.29 is 21.6 Å². The van der Waals surface area contributed by atoms with Gasteiger partial charge in [0, 0.05) is 27.9 Å². The predicted molar refractivity (Wildman–Crippen MR) is 196 cm³/mol. The van der Waals surface area contributed by atoms with Crippen LogP contribution in [0.4, 0.5) is 11.4 Å². The average molecular weight is 664 g/mol. The molecular formula is C41H54N3NiO-. The number of hydrogen-bond acceptors (Lipinski definition) is 3. The summed E-state index contributed by atoms with van der Waals surface area (Å²) < 4.78 is 0. The molecule has 0 aliphatic carbocycles. The fraction of sp³-hybridized carbons (Fsp3) is 0.366. The van der Waals surface area contributed by atoms with Crippen LogP contribution < -0.4 is 0 Å². The molecule has 0 aliphatic rings. The van der Waals surface area contributed by atoms with E-state index in [9.17, 15) is 5.11 Å². The number of para-hydroxylation sites is 2. The third-order valence-electron chi connectivity index (χ3n) is 7.38. The molecule has 0 spiro atoms. The zero-order valence-electron chi connectivity index (χ0n) is 29.7. The Hall–Kier alpha value is -3.69. The quantitative estimate of drug-likeness (QED) is 0.0926. The van der Waals surface area contributed by atoms with E-state index in [-0.39, 0.29) is 22.4 Å². The van der Waals surface area contributed by atoms with Gasteiger partial charge in [-0.05, 0) is 78.8 Å². The van der Waals surface area contributed by atoms with E-state index in [4.69, 9.17) is 4.99 Å². The van der Waals surface area contributed by atoms with Crippen molar-refractivity contribution in [1.82, 2.24) is 4.98 Å². The van der Waals surface area contributed by atoms with E-state index in [0.717, 1.165) is 39.5 Å². The smallest absolute Gasteiger partial charge is 0.233 e. The van der Waals surface area contributed by atoms with Crippen LogP contribution in [0.5, 0.6) is 0 Å². The summed E-state index contributed by atoms with van der Waals surface area (Å²) in [6, 6.07) is 28.5.